The third-order valence-electron chi connectivity index (χ3n) is 1.94. The summed E-state index contributed by atoms with van der Waals surface area (Å²) in [6.07, 6.45) is 0.439. The summed E-state index contributed by atoms with van der Waals surface area (Å²) in [6.45, 7) is 1.12. The standard InChI is InChI=1S/C7H10N2O2/c8-3-1-6-2-4-9(5-6)7(10)11/h6H,1-2,4-5H2,(H,10,11)/t6-/m1/s1. The molecule has 0 aliphatic carbocycles. The van der Waals surface area contributed by atoms with E-state index in [1.807, 2.05) is 6.07 Å². The van der Waals surface area contributed by atoms with E-state index >= 15 is 0 Å². The van der Waals surface area contributed by atoms with Crippen molar-refractivity contribution in [3.8, 4) is 6.07 Å². The van der Waals surface area contributed by atoms with Crippen LogP contribution in [0.2, 0.25) is 0 Å². The van der Waals surface area contributed by atoms with Crippen LogP contribution in [0.25, 0.3) is 0 Å². The first kappa shape index (κ1) is 7.86. The van der Waals surface area contributed by atoms with Crippen LogP contribution in [0.4, 0.5) is 4.79 Å². The lowest BCUT2D eigenvalue weighted by Crippen LogP contribution is -2.26. The van der Waals surface area contributed by atoms with Gasteiger partial charge in [-0.25, -0.2) is 4.79 Å². The van der Waals surface area contributed by atoms with Crippen LogP contribution < -0.4 is 0 Å². The molecule has 4 heteroatoms. The molecular formula is C7H10N2O2. The Morgan fingerprint density at radius 1 is 1.82 bits per heavy atom. The first-order valence-electron chi connectivity index (χ1n) is 3.59. The monoisotopic (exact) mass is 154 g/mol. The first-order chi connectivity index (χ1) is 5.24. The zero-order valence-electron chi connectivity index (χ0n) is 6.16. The second kappa shape index (κ2) is 3.24. The van der Waals surface area contributed by atoms with E-state index in [1.54, 1.807) is 0 Å². The Morgan fingerprint density at radius 3 is 3.00 bits per heavy atom. The average Bonchev–Trinajstić information content (AvgIpc) is 2.37. The molecule has 0 spiro atoms. The molecule has 60 valence electrons. The Bertz CT molecular complexity index is 197. The smallest absolute Gasteiger partial charge is 0.407 e. The molecule has 0 aromatic carbocycles. The molecule has 1 heterocycles. The molecule has 11 heavy (non-hydrogen) atoms. The van der Waals surface area contributed by atoms with Gasteiger partial charge in [0.05, 0.1) is 6.07 Å². The van der Waals surface area contributed by atoms with Crippen molar-refractivity contribution in [2.24, 2.45) is 5.92 Å². The van der Waals surface area contributed by atoms with Crippen LogP contribution >= 0.6 is 0 Å². The van der Waals surface area contributed by atoms with Gasteiger partial charge in [0.15, 0.2) is 0 Å². The third kappa shape index (κ3) is 1.84. The van der Waals surface area contributed by atoms with E-state index in [4.69, 9.17) is 10.4 Å². The predicted molar refractivity (Wildman–Crippen MR) is 37.9 cm³/mol. The van der Waals surface area contributed by atoms with Crippen LogP contribution in [-0.2, 0) is 0 Å². The van der Waals surface area contributed by atoms with Gasteiger partial charge in [0, 0.05) is 19.5 Å². The molecule has 0 aromatic rings. The fraction of sp³-hybridized carbons (Fsp3) is 0.714. The van der Waals surface area contributed by atoms with Gasteiger partial charge in [0.1, 0.15) is 0 Å². The minimum atomic E-state index is -0.870. The van der Waals surface area contributed by atoms with Crippen molar-refractivity contribution in [2.75, 3.05) is 13.1 Å². The van der Waals surface area contributed by atoms with Crippen molar-refractivity contribution in [2.45, 2.75) is 12.8 Å². The molecule has 1 amide bonds. The van der Waals surface area contributed by atoms with Crippen LogP contribution in [0.5, 0.6) is 0 Å². The molecular weight excluding hydrogens is 144 g/mol. The molecule has 1 N–H and O–H groups in total. The maximum Gasteiger partial charge on any atom is 0.407 e. The minimum Gasteiger partial charge on any atom is -0.465 e. The minimum absolute atomic E-state index is 0.260. The predicted octanol–water partition coefficient (Wildman–Crippen LogP) is 0.900. The number of nitrogens with zero attached hydrogens (tertiary/aromatic N) is 2. The highest BCUT2D eigenvalue weighted by molar-refractivity contribution is 5.65. The van der Waals surface area contributed by atoms with Crippen molar-refractivity contribution in [3.05, 3.63) is 0 Å². The summed E-state index contributed by atoms with van der Waals surface area (Å²) < 4.78 is 0. The van der Waals surface area contributed by atoms with Gasteiger partial charge in [0.25, 0.3) is 0 Å². The highest BCUT2D eigenvalue weighted by Crippen LogP contribution is 2.18. The van der Waals surface area contributed by atoms with Gasteiger partial charge in [-0.15, -0.1) is 0 Å². The van der Waals surface area contributed by atoms with Gasteiger partial charge in [-0.1, -0.05) is 0 Å². The number of likely N-dealkylation sites (tertiary alicyclic amines) is 1. The number of nitriles is 1. The van der Waals surface area contributed by atoms with Crippen LogP contribution in [0.1, 0.15) is 12.8 Å². The number of carbonyl (C=O) groups is 1. The van der Waals surface area contributed by atoms with Crippen LogP contribution in [0.15, 0.2) is 0 Å². The molecule has 1 fully saturated rings. The summed E-state index contributed by atoms with van der Waals surface area (Å²) >= 11 is 0. The van der Waals surface area contributed by atoms with E-state index in [1.165, 1.54) is 4.90 Å². The molecule has 1 aliphatic heterocycles. The zero-order chi connectivity index (χ0) is 8.27. The molecule has 4 nitrogen and oxygen atoms in total. The Labute approximate surface area is 65.0 Å². The molecule has 0 unspecified atom stereocenters. The van der Waals surface area contributed by atoms with Gasteiger partial charge in [-0.05, 0) is 12.3 Å². The van der Waals surface area contributed by atoms with Crippen LogP contribution in [-0.4, -0.2) is 29.2 Å². The SMILES string of the molecule is N#CC[C@@H]1CCN(C(=O)O)C1. The molecule has 1 saturated heterocycles. The van der Waals surface area contributed by atoms with E-state index in [2.05, 4.69) is 0 Å². The lowest BCUT2D eigenvalue weighted by Gasteiger charge is -2.09. The Morgan fingerprint density at radius 2 is 2.55 bits per heavy atom. The van der Waals surface area contributed by atoms with Crippen molar-refractivity contribution in [1.82, 2.24) is 4.90 Å². The second-order valence-corrected chi connectivity index (χ2v) is 2.75. The molecule has 1 rings (SSSR count). The van der Waals surface area contributed by atoms with Gasteiger partial charge in [-0.2, -0.15) is 5.26 Å². The van der Waals surface area contributed by atoms with Gasteiger partial charge in [-0.3, -0.25) is 0 Å². The average molecular weight is 154 g/mol. The second-order valence-electron chi connectivity index (χ2n) is 2.75. The van der Waals surface area contributed by atoms with Gasteiger partial charge >= 0.3 is 6.09 Å². The molecule has 1 aliphatic rings. The summed E-state index contributed by atoms with van der Waals surface area (Å²) in [4.78, 5) is 11.8. The number of hydrogen-bond donors (Lipinski definition) is 1. The maximum atomic E-state index is 10.4. The number of carboxylic acid groups (broad SMARTS) is 1. The zero-order valence-corrected chi connectivity index (χ0v) is 6.16. The quantitative estimate of drug-likeness (QED) is 0.610. The van der Waals surface area contributed by atoms with E-state index in [0.717, 1.165) is 6.42 Å². The summed E-state index contributed by atoms with van der Waals surface area (Å²) in [5, 5.41) is 16.9. The molecule has 0 saturated carbocycles. The van der Waals surface area contributed by atoms with Crippen molar-refractivity contribution >= 4 is 6.09 Å². The van der Waals surface area contributed by atoms with Crippen molar-refractivity contribution < 1.29 is 9.90 Å². The van der Waals surface area contributed by atoms with Gasteiger partial charge in [0.2, 0.25) is 0 Å². The maximum absolute atomic E-state index is 10.4. The van der Waals surface area contributed by atoms with E-state index in [9.17, 15) is 4.79 Å². The van der Waals surface area contributed by atoms with E-state index in [0.29, 0.717) is 19.5 Å². The number of hydrogen-bond acceptors (Lipinski definition) is 2. The third-order valence-corrected chi connectivity index (χ3v) is 1.94. The lowest BCUT2D eigenvalue weighted by atomic mass is 10.1. The summed E-state index contributed by atoms with van der Waals surface area (Å²) in [5.41, 5.74) is 0. The van der Waals surface area contributed by atoms with Gasteiger partial charge < -0.3 is 10.0 Å². The van der Waals surface area contributed by atoms with E-state index in [-0.39, 0.29) is 5.92 Å². The van der Waals surface area contributed by atoms with Crippen molar-refractivity contribution in [3.63, 3.8) is 0 Å². The Hall–Kier alpha value is -1.24. The summed E-state index contributed by atoms with van der Waals surface area (Å²) in [7, 11) is 0. The highest BCUT2D eigenvalue weighted by atomic mass is 16.4. The Kier molecular flexibility index (Phi) is 2.32. The Balaban J connectivity index is 2.36. The molecule has 0 radical (unpaired) electrons. The summed E-state index contributed by atoms with van der Waals surface area (Å²) in [6, 6.07) is 2.05. The molecule has 0 bridgehead atoms. The van der Waals surface area contributed by atoms with Crippen LogP contribution in [0, 0.1) is 17.2 Å². The molecule has 1 atom stereocenters. The number of rotatable bonds is 1. The fourth-order valence-corrected chi connectivity index (χ4v) is 1.30. The number of amides is 1. The largest absolute Gasteiger partial charge is 0.465 e. The fourth-order valence-electron chi connectivity index (χ4n) is 1.30. The van der Waals surface area contributed by atoms with Crippen LogP contribution in [0.3, 0.4) is 0 Å². The first-order valence-corrected chi connectivity index (χ1v) is 3.59. The van der Waals surface area contributed by atoms with E-state index < -0.39 is 6.09 Å². The normalized spacial score (nSPS) is 23.2. The topological polar surface area (TPSA) is 64.3 Å². The lowest BCUT2D eigenvalue weighted by molar-refractivity contribution is 0.154. The summed E-state index contributed by atoms with van der Waals surface area (Å²) in [5.74, 6) is 0.260. The molecule has 0 aromatic heterocycles. The highest BCUT2D eigenvalue weighted by Gasteiger charge is 2.25. The van der Waals surface area contributed by atoms with Crippen molar-refractivity contribution in [1.29, 1.82) is 5.26 Å².